The quantitative estimate of drug-likeness (QED) is 0.607. The van der Waals surface area contributed by atoms with Crippen LogP contribution in [0.15, 0.2) is 48.7 Å². The molecule has 0 unspecified atom stereocenters. The maximum absolute atomic E-state index is 5.78. The first-order chi connectivity index (χ1) is 10.3. The molecule has 5 nitrogen and oxygen atoms in total. The number of hydrogen-bond donors (Lipinski definition) is 1. The average Bonchev–Trinajstić information content (AvgIpc) is 2.86. The summed E-state index contributed by atoms with van der Waals surface area (Å²) in [4.78, 5) is 16.3. The van der Waals surface area contributed by atoms with Crippen LogP contribution in [0.1, 0.15) is 5.82 Å². The number of aromatic nitrogens is 4. The Hall–Kier alpha value is -2.95. The molecule has 0 spiro atoms. The number of nitrogens with zero attached hydrogens (tertiary/aromatic N) is 3. The lowest BCUT2D eigenvalue weighted by Gasteiger charge is -2.05. The summed E-state index contributed by atoms with van der Waals surface area (Å²) in [7, 11) is 0. The van der Waals surface area contributed by atoms with Crippen LogP contribution in [0.4, 0.5) is 0 Å². The Bertz CT molecular complexity index is 945. The first kappa shape index (κ1) is 11.8. The van der Waals surface area contributed by atoms with Crippen molar-refractivity contribution in [1.29, 1.82) is 0 Å². The number of para-hydroxylation sites is 2. The van der Waals surface area contributed by atoms with Crippen LogP contribution >= 0.6 is 0 Å². The van der Waals surface area contributed by atoms with Crippen molar-refractivity contribution in [2.24, 2.45) is 0 Å². The number of benzene rings is 2. The molecular weight excluding hydrogens is 264 g/mol. The Morgan fingerprint density at radius 2 is 1.81 bits per heavy atom. The van der Waals surface area contributed by atoms with E-state index in [0.717, 1.165) is 27.9 Å². The molecule has 0 aliphatic carbocycles. The summed E-state index contributed by atoms with van der Waals surface area (Å²) < 4.78 is 5.78. The van der Waals surface area contributed by atoms with Crippen LogP contribution in [0.2, 0.25) is 0 Å². The van der Waals surface area contributed by atoms with Crippen molar-refractivity contribution in [2.75, 3.05) is 0 Å². The fourth-order valence-corrected chi connectivity index (χ4v) is 2.29. The second kappa shape index (κ2) is 4.56. The molecule has 0 fully saturated rings. The minimum absolute atomic E-state index is 0.476. The van der Waals surface area contributed by atoms with Crippen molar-refractivity contribution in [3.05, 3.63) is 54.5 Å². The number of imidazole rings is 1. The molecule has 2 heterocycles. The normalized spacial score (nSPS) is 11.1. The minimum atomic E-state index is 0.476. The van der Waals surface area contributed by atoms with Crippen molar-refractivity contribution < 1.29 is 4.74 Å². The van der Waals surface area contributed by atoms with Gasteiger partial charge >= 0.3 is 0 Å². The van der Waals surface area contributed by atoms with Crippen molar-refractivity contribution in [3.8, 4) is 11.6 Å². The van der Waals surface area contributed by atoms with Gasteiger partial charge in [-0.25, -0.2) is 15.0 Å². The maximum Gasteiger partial charge on any atom is 0.238 e. The van der Waals surface area contributed by atoms with E-state index in [1.165, 1.54) is 0 Å². The van der Waals surface area contributed by atoms with E-state index in [0.29, 0.717) is 11.6 Å². The van der Waals surface area contributed by atoms with Gasteiger partial charge in [-0.05, 0) is 31.2 Å². The molecule has 0 saturated heterocycles. The molecule has 0 atom stereocenters. The van der Waals surface area contributed by atoms with Gasteiger partial charge in [0.2, 0.25) is 5.88 Å². The molecule has 1 N–H and O–H groups in total. The second-order valence-electron chi connectivity index (χ2n) is 4.80. The molecule has 4 rings (SSSR count). The molecule has 0 amide bonds. The number of nitrogens with one attached hydrogen (secondary N) is 1. The van der Waals surface area contributed by atoms with E-state index in [9.17, 15) is 0 Å². The third-order valence-corrected chi connectivity index (χ3v) is 3.22. The molecule has 0 aliphatic rings. The number of aryl methyl sites for hydroxylation is 1. The largest absolute Gasteiger partial charge is 0.437 e. The van der Waals surface area contributed by atoms with Crippen LogP contribution < -0.4 is 4.74 Å². The third-order valence-electron chi connectivity index (χ3n) is 3.22. The molecule has 2 aromatic heterocycles. The topological polar surface area (TPSA) is 63.7 Å². The van der Waals surface area contributed by atoms with Gasteiger partial charge in [0.15, 0.2) is 0 Å². The monoisotopic (exact) mass is 276 g/mol. The standard InChI is InChI=1S/C16H12N4O/c1-10-18-14-7-6-11(8-15(14)19-10)21-16-9-17-12-4-2-3-5-13(12)20-16/h2-9H,1H3,(H,18,19). The van der Waals surface area contributed by atoms with Crippen molar-refractivity contribution in [3.63, 3.8) is 0 Å². The van der Waals surface area contributed by atoms with Gasteiger partial charge in [0, 0.05) is 6.07 Å². The van der Waals surface area contributed by atoms with E-state index in [-0.39, 0.29) is 0 Å². The van der Waals surface area contributed by atoms with E-state index in [1.54, 1.807) is 6.20 Å². The highest BCUT2D eigenvalue weighted by Crippen LogP contribution is 2.24. The van der Waals surface area contributed by atoms with E-state index >= 15 is 0 Å². The summed E-state index contributed by atoms with van der Waals surface area (Å²) >= 11 is 0. The summed E-state index contributed by atoms with van der Waals surface area (Å²) in [5.41, 5.74) is 3.53. The maximum atomic E-state index is 5.78. The first-order valence-electron chi connectivity index (χ1n) is 6.64. The van der Waals surface area contributed by atoms with Crippen LogP contribution in [-0.4, -0.2) is 19.9 Å². The van der Waals surface area contributed by atoms with Crippen LogP contribution in [0.3, 0.4) is 0 Å². The van der Waals surface area contributed by atoms with Gasteiger partial charge in [0.1, 0.15) is 11.6 Å². The van der Waals surface area contributed by atoms with Gasteiger partial charge in [-0.3, -0.25) is 0 Å². The van der Waals surface area contributed by atoms with Gasteiger partial charge in [0.05, 0.1) is 28.3 Å². The average molecular weight is 276 g/mol. The van der Waals surface area contributed by atoms with E-state index in [4.69, 9.17) is 4.74 Å². The highest BCUT2D eigenvalue weighted by Gasteiger charge is 2.05. The van der Waals surface area contributed by atoms with E-state index < -0.39 is 0 Å². The second-order valence-corrected chi connectivity index (χ2v) is 4.80. The Kier molecular flexibility index (Phi) is 2.57. The first-order valence-corrected chi connectivity index (χ1v) is 6.64. The highest BCUT2D eigenvalue weighted by atomic mass is 16.5. The van der Waals surface area contributed by atoms with Crippen molar-refractivity contribution >= 4 is 22.1 Å². The summed E-state index contributed by atoms with van der Waals surface area (Å²) in [5.74, 6) is 2.06. The molecule has 0 aliphatic heterocycles. The van der Waals surface area contributed by atoms with Gasteiger partial charge in [-0.1, -0.05) is 12.1 Å². The SMILES string of the molecule is Cc1nc2ccc(Oc3cnc4ccccc4n3)cc2[nH]1. The molecule has 5 heteroatoms. The molecule has 0 radical (unpaired) electrons. The molecule has 0 saturated carbocycles. The van der Waals surface area contributed by atoms with Crippen LogP contribution in [0.5, 0.6) is 11.6 Å². The van der Waals surface area contributed by atoms with Gasteiger partial charge in [0.25, 0.3) is 0 Å². The lowest BCUT2D eigenvalue weighted by Crippen LogP contribution is -1.90. The smallest absolute Gasteiger partial charge is 0.238 e. The Labute approximate surface area is 120 Å². The Morgan fingerprint density at radius 3 is 2.71 bits per heavy atom. The molecule has 4 aromatic rings. The number of rotatable bonds is 2. The Balaban J connectivity index is 1.71. The minimum Gasteiger partial charge on any atom is -0.437 e. The summed E-state index contributed by atoms with van der Waals surface area (Å²) in [6.45, 7) is 1.93. The molecule has 2 aromatic carbocycles. The van der Waals surface area contributed by atoms with Gasteiger partial charge in [-0.15, -0.1) is 0 Å². The zero-order valence-electron chi connectivity index (χ0n) is 11.4. The lowest BCUT2D eigenvalue weighted by atomic mass is 10.3. The van der Waals surface area contributed by atoms with Crippen LogP contribution in [0.25, 0.3) is 22.1 Å². The number of ether oxygens (including phenoxy) is 1. The fourth-order valence-electron chi connectivity index (χ4n) is 2.29. The number of hydrogen-bond acceptors (Lipinski definition) is 4. The third kappa shape index (κ3) is 2.18. The van der Waals surface area contributed by atoms with E-state index in [1.807, 2.05) is 49.4 Å². The number of aromatic amines is 1. The Morgan fingerprint density at radius 1 is 0.952 bits per heavy atom. The highest BCUT2D eigenvalue weighted by molar-refractivity contribution is 5.77. The zero-order chi connectivity index (χ0) is 14.2. The summed E-state index contributed by atoms with van der Waals surface area (Å²) in [6, 6.07) is 13.4. The van der Waals surface area contributed by atoms with E-state index in [2.05, 4.69) is 19.9 Å². The summed E-state index contributed by atoms with van der Waals surface area (Å²) in [5, 5.41) is 0. The molecule has 102 valence electrons. The van der Waals surface area contributed by atoms with Crippen molar-refractivity contribution in [1.82, 2.24) is 19.9 Å². The van der Waals surface area contributed by atoms with Crippen molar-refractivity contribution in [2.45, 2.75) is 6.92 Å². The predicted octanol–water partition coefficient (Wildman–Crippen LogP) is 3.61. The molecule has 0 bridgehead atoms. The summed E-state index contributed by atoms with van der Waals surface area (Å²) in [6.07, 6.45) is 1.63. The lowest BCUT2D eigenvalue weighted by molar-refractivity contribution is 0.463. The van der Waals surface area contributed by atoms with Gasteiger partial charge < -0.3 is 9.72 Å². The van der Waals surface area contributed by atoms with Gasteiger partial charge in [-0.2, -0.15) is 0 Å². The molecular formula is C16H12N4O. The number of fused-ring (bicyclic) bond motifs is 2. The van der Waals surface area contributed by atoms with Crippen LogP contribution in [0, 0.1) is 6.92 Å². The predicted molar refractivity (Wildman–Crippen MR) is 80.4 cm³/mol. The number of H-pyrrole nitrogens is 1. The zero-order valence-corrected chi connectivity index (χ0v) is 11.4. The fraction of sp³-hybridized carbons (Fsp3) is 0.0625. The molecule has 21 heavy (non-hydrogen) atoms. The van der Waals surface area contributed by atoms with Crippen LogP contribution in [-0.2, 0) is 0 Å².